The second kappa shape index (κ2) is 6.43. The molecule has 100 valence electrons. The number of ether oxygens (including phenoxy) is 1. The third-order valence-corrected chi connectivity index (χ3v) is 3.08. The van der Waals surface area contributed by atoms with Crippen molar-refractivity contribution in [3.8, 4) is 5.75 Å². The normalized spacial score (nSPS) is 12.5. The Morgan fingerprint density at radius 1 is 1.39 bits per heavy atom. The first-order valence-electron chi connectivity index (χ1n) is 6.54. The van der Waals surface area contributed by atoms with Gasteiger partial charge in [0.2, 0.25) is 0 Å². The molecule has 0 amide bonds. The largest absolute Gasteiger partial charge is 0.490 e. The molecule has 0 aliphatic heterocycles. The molecule has 0 aromatic heterocycles. The Morgan fingerprint density at radius 2 is 2.06 bits per heavy atom. The third-order valence-electron chi connectivity index (χ3n) is 3.08. The zero-order valence-electron chi connectivity index (χ0n) is 11.8. The van der Waals surface area contributed by atoms with E-state index in [4.69, 9.17) is 15.9 Å². The molecule has 3 heteroatoms. The standard InChI is InChI=1S/C15H24N2O/c1-5-13(9-15(16)17)18-14-8-12(10(2)3)7-6-11(14)4/h6-8,10,13H,5,9H2,1-4H3,(H3,16,17). The quantitative estimate of drug-likeness (QED) is 0.597. The van der Waals surface area contributed by atoms with Crippen molar-refractivity contribution in [1.82, 2.24) is 0 Å². The van der Waals surface area contributed by atoms with E-state index in [1.54, 1.807) is 0 Å². The smallest absolute Gasteiger partial charge is 0.122 e. The highest BCUT2D eigenvalue weighted by molar-refractivity contribution is 5.77. The maximum absolute atomic E-state index is 7.36. The van der Waals surface area contributed by atoms with Gasteiger partial charge in [0.15, 0.2) is 0 Å². The minimum Gasteiger partial charge on any atom is -0.490 e. The van der Waals surface area contributed by atoms with Gasteiger partial charge in [0.1, 0.15) is 11.9 Å². The van der Waals surface area contributed by atoms with Crippen molar-refractivity contribution in [2.24, 2.45) is 5.73 Å². The molecule has 0 radical (unpaired) electrons. The molecular formula is C15H24N2O. The van der Waals surface area contributed by atoms with Gasteiger partial charge in [-0.2, -0.15) is 0 Å². The molecule has 0 bridgehead atoms. The van der Waals surface area contributed by atoms with Crippen molar-refractivity contribution in [3.05, 3.63) is 29.3 Å². The summed E-state index contributed by atoms with van der Waals surface area (Å²) in [6, 6.07) is 6.33. The Bertz CT molecular complexity index is 413. The van der Waals surface area contributed by atoms with Crippen LogP contribution in [0.25, 0.3) is 0 Å². The van der Waals surface area contributed by atoms with Crippen LogP contribution in [0, 0.1) is 12.3 Å². The van der Waals surface area contributed by atoms with Gasteiger partial charge in [0.05, 0.1) is 5.84 Å². The lowest BCUT2D eigenvalue weighted by molar-refractivity contribution is 0.203. The highest BCUT2D eigenvalue weighted by atomic mass is 16.5. The molecule has 0 aliphatic carbocycles. The van der Waals surface area contributed by atoms with E-state index in [0.29, 0.717) is 12.3 Å². The van der Waals surface area contributed by atoms with Crippen LogP contribution in [0.3, 0.4) is 0 Å². The average molecular weight is 248 g/mol. The summed E-state index contributed by atoms with van der Waals surface area (Å²) in [5.74, 6) is 1.58. The van der Waals surface area contributed by atoms with E-state index in [1.165, 1.54) is 5.56 Å². The lowest BCUT2D eigenvalue weighted by Crippen LogP contribution is -2.24. The molecule has 1 unspecified atom stereocenters. The van der Waals surface area contributed by atoms with Gasteiger partial charge in [-0.15, -0.1) is 0 Å². The van der Waals surface area contributed by atoms with Crippen LogP contribution in [0.4, 0.5) is 0 Å². The molecule has 0 saturated carbocycles. The Labute approximate surface area is 110 Å². The molecule has 0 aliphatic rings. The lowest BCUT2D eigenvalue weighted by Gasteiger charge is -2.19. The third kappa shape index (κ3) is 4.06. The van der Waals surface area contributed by atoms with Crippen molar-refractivity contribution in [3.63, 3.8) is 0 Å². The van der Waals surface area contributed by atoms with Crippen LogP contribution in [0.1, 0.15) is 50.7 Å². The van der Waals surface area contributed by atoms with Crippen LogP contribution in [0.15, 0.2) is 18.2 Å². The Morgan fingerprint density at radius 3 is 2.56 bits per heavy atom. The Balaban J connectivity index is 2.87. The van der Waals surface area contributed by atoms with E-state index in [2.05, 4.69) is 39.0 Å². The number of hydrogen-bond acceptors (Lipinski definition) is 2. The number of aryl methyl sites for hydroxylation is 1. The fourth-order valence-electron chi connectivity index (χ4n) is 1.80. The number of amidine groups is 1. The maximum Gasteiger partial charge on any atom is 0.122 e. The summed E-state index contributed by atoms with van der Waals surface area (Å²) in [6.07, 6.45) is 1.33. The summed E-state index contributed by atoms with van der Waals surface area (Å²) in [5, 5.41) is 7.36. The number of hydrogen-bond donors (Lipinski definition) is 2. The van der Waals surface area contributed by atoms with E-state index in [1.807, 2.05) is 6.92 Å². The van der Waals surface area contributed by atoms with Gasteiger partial charge in [0.25, 0.3) is 0 Å². The maximum atomic E-state index is 7.36. The van der Waals surface area contributed by atoms with Crippen molar-refractivity contribution in [1.29, 1.82) is 5.41 Å². The Hall–Kier alpha value is -1.51. The number of benzene rings is 1. The van der Waals surface area contributed by atoms with E-state index in [0.717, 1.165) is 17.7 Å². The second-order valence-corrected chi connectivity index (χ2v) is 5.06. The highest BCUT2D eigenvalue weighted by Gasteiger charge is 2.12. The SMILES string of the molecule is CCC(CC(=N)N)Oc1cc(C(C)C)ccc1C. The molecule has 0 fully saturated rings. The molecular weight excluding hydrogens is 224 g/mol. The van der Waals surface area contributed by atoms with E-state index in [9.17, 15) is 0 Å². The predicted molar refractivity (Wildman–Crippen MR) is 76.5 cm³/mol. The fourth-order valence-corrected chi connectivity index (χ4v) is 1.80. The van der Waals surface area contributed by atoms with Gasteiger partial charge < -0.3 is 10.5 Å². The van der Waals surface area contributed by atoms with Crippen LogP contribution < -0.4 is 10.5 Å². The molecule has 0 saturated heterocycles. The van der Waals surface area contributed by atoms with Crippen LogP contribution in [0.2, 0.25) is 0 Å². The lowest BCUT2D eigenvalue weighted by atomic mass is 10.0. The predicted octanol–water partition coefficient (Wildman–Crippen LogP) is 3.60. The summed E-state index contributed by atoms with van der Waals surface area (Å²) in [7, 11) is 0. The van der Waals surface area contributed by atoms with Crippen molar-refractivity contribution < 1.29 is 4.74 Å². The van der Waals surface area contributed by atoms with Crippen molar-refractivity contribution in [2.75, 3.05) is 0 Å². The molecule has 1 atom stereocenters. The minimum absolute atomic E-state index is 0.0105. The molecule has 0 heterocycles. The topological polar surface area (TPSA) is 59.1 Å². The molecule has 3 nitrogen and oxygen atoms in total. The van der Waals surface area contributed by atoms with Crippen molar-refractivity contribution >= 4 is 5.84 Å². The van der Waals surface area contributed by atoms with E-state index >= 15 is 0 Å². The van der Waals surface area contributed by atoms with Crippen LogP contribution in [-0.2, 0) is 0 Å². The minimum atomic E-state index is -0.0105. The molecule has 1 rings (SSSR count). The van der Waals surface area contributed by atoms with Gasteiger partial charge in [-0.1, -0.05) is 32.9 Å². The van der Waals surface area contributed by atoms with Gasteiger partial charge in [-0.3, -0.25) is 5.41 Å². The second-order valence-electron chi connectivity index (χ2n) is 5.06. The number of rotatable bonds is 6. The van der Waals surface area contributed by atoms with Crippen LogP contribution in [-0.4, -0.2) is 11.9 Å². The molecule has 1 aromatic rings. The monoisotopic (exact) mass is 248 g/mol. The van der Waals surface area contributed by atoms with Crippen LogP contribution in [0.5, 0.6) is 5.75 Å². The first-order valence-corrected chi connectivity index (χ1v) is 6.54. The summed E-state index contributed by atoms with van der Waals surface area (Å²) in [6.45, 7) is 8.43. The fraction of sp³-hybridized carbons (Fsp3) is 0.533. The first kappa shape index (κ1) is 14.6. The highest BCUT2D eigenvalue weighted by Crippen LogP contribution is 2.26. The zero-order chi connectivity index (χ0) is 13.7. The summed E-state index contributed by atoms with van der Waals surface area (Å²) >= 11 is 0. The summed E-state index contributed by atoms with van der Waals surface area (Å²) in [5.41, 5.74) is 7.84. The summed E-state index contributed by atoms with van der Waals surface area (Å²) < 4.78 is 5.98. The van der Waals surface area contributed by atoms with Gasteiger partial charge >= 0.3 is 0 Å². The van der Waals surface area contributed by atoms with Gasteiger partial charge in [0, 0.05) is 6.42 Å². The number of nitrogens with two attached hydrogens (primary N) is 1. The molecule has 1 aromatic carbocycles. The van der Waals surface area contributed by atoms with Gasteiger partial charge in [-0.25, -0.2) is 0 Å². The molecule has 0 spiro atoms. The summed E-state index contributed by atoms with van der Waals surface area (Å²) in [4.78, 5) is 0. The average Bonchev–Trinajstić information content (AvgIpc) is 2.29. The van der Waals surface area contributed by atoms with E-state index in [-0.39, 0.29) is 11.9 Å². The van der Waals surface area contributed by atoms with Crippen molar-refractivity contribution in [2.45, 2.75) is 52.6 Å². The molecule has 18 heavy (non-hydrogen) atoms. The number of nitrogens with one attached hydrogen (secondary N) is 1. The zero-order valence-corrected chi connectivity index (χ0v) is 11.8. The van der Waals surface area contributed by atoms with Crippen LogP contribution >= 0.6 is 0 Å². The van der Waals surface area contributed by atoms with Gasteiger partial charge in [-0.05, 0) is 36.5 Å². The van der Waals surface area contributed by atoms with E-state index < -0.39 is 0 Å². The Kier molecular flexibility index (Phi) is 5.20. The molecule has 3 N–H and O–H groups in total. The first-order chi connectivity index (χ1) is 8.43.